The third kappa shape index (κ3) is 3.69. The normalized spacial score (nSPS) is 14.5. The van der Waals surface area contributed by atoms with Crippen molar-refractivity contribution in [2.24, 2.45) is 5.73 Å². The molecule has 1 rings (SSSR count). The zero-order valence-electron chi connectivity index (χ0n) is 8.34. The molecular formula is C11H15NO3. The molecule has 0 heterocycles. The summed E-state index contributed by atoms with van der Waals surface area (Å²) in [7, 11) is 0. The third-order valence-electron chi connectivity index (χ3n) is 2.23. The Morgan fingerprint density at radius 3 is 2.33 bits per heavy atom. The molecule has 1 aromatic carbocycles. The summed E-state index contributed by atoms with van der Waals surface area (Å²) in [5, 5.41) is 18.8. The van der Waals surface area contributed by atoms with E-state index in [0.717, 1.165) is 5.56 Å². The quantitative estimate of drug-likeness (QED) is 0.654. The van der Waals surface area contributed by atoms with Crippen LogP contribution in [0.2, 0.25) is 0 Å². The monoisotopic (exact) mass is 209 g/mol. The van der Waals surface area contributed by atoms with Gasteiger partial charge in [-0.05, 0) is 18.4 Å². The number of carbonyl (C=O) groups excluding carboxylic acids is 1. The molecule has 0 radical (unpaired) electrons. The number of nitrogens with two attached hydrogens (primary N) is 1. The van der Waals surface area contributed by atoms with Gasteiger partial charge < -0.3 is 15.9 Å². The van der Waals surface area contributed by atoms with Crippen molar-refractivity contribution < 1.29 is 15.0 Å². The number of hydrogen-bond donors (Lipinski definition) is 3. The van der Waals surface area contributed by atoms with Gasteiger partial charge in [-0.2, -0.15) is 0 Å². The summed E-state index contributed by atoms with van der Waals surface area (Å²) in [4.78, 5) is 10.5. The van der Waals surface area contributed by atoms with Gasteiger partial charge in [0.1, 0.15) is 6.10 Å². The van der Waals surface area contributed by atoms with E-state index in [9.17, 15) is 9.90 Å². The number of aliphatic hydroxyl groups excluding tert-OH is 2. The average molecular weight is 209 g/mol. The van der Waals surface area contributed by atoms with Crippen LogP contribution in [0.25, 0.3) is 0 Å². The van der Waals surface area contributed by atoms with Gasteiger partial charge in [0.15, 0.2) is 0 Å². The van der Waals surface area contributed by atoms with Gasteiger partial charge in [-0.15, -0.1) is 0 Å². The molecular weight excluding hydrogens is 194 g/mol. The molecule has 0 aliphatic rings. The minimum absolute atomic E-state index is 0.172. The molecule has 1 amide bonds. The molecule has 0 aliphatic carbocycles. The summed E-state index contributed by atoms with van der Waals surface area (Å²) in [6, 6.07) is 9.09. The molecule has 15 heavy (non-hydrogen) atoms. The SMILES string of the molecule is NC(=O)C(O)CCC(O)c1ccccc1. The van der Waals surface area contributed by atoms with E-state index < -0.39 is 18.1 Å². The molecule has 1 aromatic rings. The van der Waals surface area contributed by atoms with Gasteiger partial charge >= 0.3 is 0 Å². The van der Waals surface area contributed by atoms with Gasteiger partial charge in [0, 0.05) is 0 Å². The van der Waals surface area contributed by atoms with Gasteiger partial charge in [-0.1, -0.05) is 30.3 Å². The third-order valence-corrected chi connectivity index (χ3v) is 2.23. The van der Waals surface area contributed by atoms with Crippen molar-refractivity contribution in [3.8, 4) is 0 Å². The first-order valence-electron chi connectivity index (χ1n) is 4.81. The Labute approximate surface area is 88.3 Å². The van der Waals surface area contributed by atoms with E-state index in [1.807, 2.05) is 18.2 Å². The van der Waals surface area contributed by atoms with Crippen molar-refractivity contribution in [1.29, 1.82) is 0 Å². The second-order valence-electron chi connectivity index (χ2n) is 3.42. The van der Waals surface area contributed by atoms with Crippen LogP contribution in [0.3, 0.4) is 0 Å². The van der Waals surface area contributed by atoms with Crippen LogP contribution in [0.15, 0.2) is 30.3 Å². The lowest BCUT2D eigenvalue weighted by atomic mass is 10.0. The van der Waals surface area contributed by atoms with Crippen LogP contribution in [0, 0.1) is 0 Å². The van der Waals surface area contributed by atoms with Gasteiger partial charge in [-0.3, -0.25) is 4.79 Å². The largest absolute Gasteiger partial charge is 0.388 e. The predicted octanol–water partition coefficient (Wildman–Crippen LogP) is 0.346. The van der Waals surface area contributed by atoms with Crippen LogP contribution < -0.4 is 5.73 Å². The summed E-state index contributed by atoms with van der Waals surface area (Å²) in [5.41, 5.74) is 5.66. The number of aliphatic hydroxyl groups is 2. The molecule has 0 saturated carbocycles. The molecule has 82 valence electrons. The van der Waals surface area contributed by atoms with E-state index in [-0.39, 0.29) is 6.42 Å². The number of hydrogen-bond acceptors (Lipinski definition) is 3. The highest BCUT2D eigenvalue weighted by Gasteiger charge is 2.14. The fraction of sp³-hybridized carbons (Fsp3) is 0.364. The molecule has 0 aromatic heterocycles. The Balaban J connectivity index is 2.43. The first-order valence-corrected chi connectivity index (χ1v) is 4.81. The molecule has 0 fully saturated rings. The second kappa shape index (κ2) is 5.48. The Hall–Kier alpha value is -1.39. The van der Waals surface area contributed by atoms with E-state index in [2.05, 4.69) is 0 Å². The van der Waals surface area contributed by atoms with Crippen molar-refractivity contribution in [2.45, 2.75) is 25.0 Å². The lowest BCUT2D eigenvalue weighted by molar-refractivity contribution is -0.126. The van der Waals surface area contributed by atoms with E-state index in [4.69, 9.17) is 10.8 Å². The van der Waals surface area contributed by atoms with Gasteiger partial charge in [0.2, 0.25) is 5.91 Å². The first kappa shape index (κ1) is 11.7. The summed E-state index contributed by atoms with van der Waals surface area (Å²) < 4.78 is 0. The molecule has 2 unspecified atom stereocenters. The van der Waals surface area contributed by atoms with Crippen LogP contribution in [0.1, 0.15) is 24.5 Å². The predicted molar refractivity (Wildman–Crippen MR) is 55.8 cm³/mol. The van der Waals surface area contributed by atoms with Crippen molar-refractivity contribution >= 4 is 5.91 Å². The minimum atomic E-state index is -1.18. The topological polar surface area (TPSA) is 83.6 Å². The highest BCUT2D eigenvalue weighted by atomic mass is 16.3. The number of carbonyl (C=O) groups is 1. The van der Waals surface area contributed by atoms with Crippen LogP contribution in [-0.2, 0) is 4.79 Å². The van der Waals surface area contributed by atoms with Crippen molar-refractivity contribution in [1.82, 2.24) is 0 Å². The van der Waals surface area contributed by atoms with Crippen LogP contribution >= 0.6 is 0 Å². The lowest BCUT2D eigenvalue weighted by Crippen LogP contribution is -2.28. The maximum atomic E-state index is 10.5. The summed E-state index contributed by atoms with van der Waals surface area (Å²) in [5.74, 6) is -0.754. The zero-order valence-corrected chi connectivity index (χ0v) is 8.34. The summed E-state index contributed by atoms with van der Waals surface area (Å²) in [6.45, 7) is 0. The van der Waals surface area contributed by atoms with Gasteiger partial charge in [0.25, 0.3) is 0 Å². The van der Waals surface area contributed by atoms with Crippen LogP contribution in [-0.4, -0.2) is 22.2 Å². The Morgan fingerprint density at radius 1 is 1.20 bits per heavy atom. The Kier molecular flexibility index (Phi) is 4.27. The highest BCUT2D eigenvalue weighted by molar-refractivity contribution is 5.78. The minimum Gasteiger partial charge on any atom is -0.388 e. The molecule has 0 spiro atoms. The van der Waals surface area contributed by atoms with Crippen LogP contribution in [0.5, 0.6) is 0 Å². The maximum Gasteiger partial charge on any atom is 0.246 e. The Bertz CT molecular complexity index is 313. The van der Waals surface area contributed by atoms with Gasteiger partial charge in [0.05, 0.1) is 6.10 Å². The summed E-state index contributed by atoms with van der Waals surface area (Å²) >= 11 is 0. The van der Waals surface area contributed by atoms with Crippen molar-refractivity contribution in [3.05, 3.63) is 35.9 Å². The number of rotatable bonds is 5. The molecule has 2 atom stereocenters. The zero-order chi connectivity index (χ0) is 11.3. The van der Waals surface area contributed by atoms with Crippen LogP contribution in [0.4, 0.5) is 0 Å². The molecule has 4 heteroatoms. The molecule has 0 saturated heterocycles. The van der Waals surface area contributed by atoms with E-state index >= 15 is 0 Å². The maximum absolute atomic E-state index is 10.5. The fourth-order valence-electron chi connectivity index (χ4n) is 1.30. The lowest BCUT2D eigenvalue weighted by Gasteiger charge is -2.12. The number of primary amides is 1. The van der Waals surface area contributed by atoms with Gasteiger partial charge in [-0.25, -0.2) is 0 Å². The average Bonchev–Trinajstić information content (AvgIpc) is 2.26. The standard InChI is InChI=1S/C11H15NO3/c12-11(15)10(14)7-6-9(13)8-4-2-1-3-5-8/h1-5,9-10,13-14H,6-7H2,(H2,12,15). The van der Waals surface area contributed by atoms with E-state index in [1.165, 1.54) is 0 Å². The van der Waals surface area contributed by atoms with E-state index in [1.54, 1.807) is 12.1 Å². The molecule has 4 N–H and O–H groups in total. The van der Waals surface area contributed by atoms with Crippen molar-refractivity contribution in [3.63, 3.8) is 0 Å². The second-order valence-corrected chi connectivity index (χ2v) is 3.42. The summed E-state index contributed by atoms with van der Waals surface area (Å²) in [6.07, 6.45) is -1.36. The Morgan fingerprint density at radius 2 is 1.80 bits per heavy atom. The van der Waals surface area contributed by atoms with E-state index in [0.29, 0.717) is 6.42 Å². The highest BCUT2D eigenvalue weighted by Crippen LogP contribution is 2.18. The molecule has 0 bridgehead atoms. The molecule has 0 aliphatic heterocycles. The molecule has 4 nitrogen and oxygen atoms in total. The number of amides is 1. The first-order chi connectivity index (χ1) is 7.11. The fourth-order valence-corrected chi connectivity index (χ4v) is 1.30. The number of benzene rings is 1. The van der Waals surface area contributed by atoms with Crippen molar-refractivity contribution in [2.75, 3.05) is 0 Å². The smallest absolute Gasteiger partial charge is 0.246 e.